The molecule has 1 aromatic carbocycles. The minimum atomic E-state index is -3.63. The first kappa shape index (κ1) is 14.2. The van der Waals surface area contributed by atoms with E-state index in [-0.39, 0.29) is 11.5 Å². The zero-order chi connectivity index (χ0) is 12.6. The minimum absolute atomic E-state index is 0.0565. The van der Waals surface area contributed by atoms with E-state index < -0.39 is 10.1 Å². The summed E-state index contributed by atoms with van der Waals surface area (Å²) in [6.45, 7) is 3.07. The monoisotopic (exact) mass is 258 g/mol. The molecule has 4 nitrogen and oxygen atoms in total. The topological polar surface area (TPSA) is 52.6 Å². The van der Waals surface area contributed by atoms with Gasteiger partial charge in [-0.3, -0.25) is 4.18 Å². The van der Waals surface area contributed by atoms with E-state index in [2.05, 4.69) is 6.92 Å². The highest BCUT2D eigenvalue weighted by atomic mass is 32.2. The second-order valence-electron chi connectivity index (χ2n) is 3.56. The molecule has 0 amide bonds. The fourth-order valence-electron chi connectivity index (χ4n) is 1.21. The largest absolute Gasteiger partial charge is 0.379 e. The van der Waals surface area contributed by atoms with Gasteiger partial charge in [0.2, 0.25) is 0 Å². The maximum absolute atomic E-state index is 11.6. The van der Waals surface area contributed by atoms with E-state index in [1.807, 2.05) is 0 Å². The predicted molar refractivity (Wildman–Crippen MR) is 65.3 cm³/mol. The van der Waals surface area contributed by atoms with Crippen LogP contribution in [0.3, 0.4) is 0 Å². The molecule has 0 heterocycles. The van der Waals surface area contributed by atoms with Crippen LogP contribution in [0.5, 0.6) is 0 Å². The Labute approximate surface area is 103 Å². The van der Waals surface area contributed by atoms with Crippen molar-refractivity contribution in [2.45, 2.75) is 24.7 Å². The molecular weight excluding hydrogens is 240 g/mol. The molecule has 0 N–H and O–H groups in total. The summed E-state index contributed by atoms with van der Waals surface area (Å²) in [5, 5.41) is 0. The van der Waals surface area contributed by atoms with Crippen LogP contribution in [0, 0.1) is 0 Å². The molecule has 0 aliphatic heterocycles. The summed E-state index contributed by atoms with van der Waals surface area (Å²) < 4.78 is 33.3. The smallest absolute Gasteiger partial charge is 0.297 e. The highest BCUT2D eigenvalue weighted by Gasteiger charge is 2.13. The molecule has 1 aromatic rings. The van der Waals surface area contributed by atoms with Crippen molar-refractivity contribution in [3.8, 4) is 0 Å². The molecule has 0 radical (unpaired) electrons. The summed E-state index contributed by atoms with van der Waals surface area (Å²) in [6, 6.07) is 8.09. The van der Waals surface area contributed by atoms with Crippen LogP contribution in [0.2, 0.25) is 0 Å². The molecule has 0 aliphatic rings. The zero-order valence-corrected chi connectivity index (χ0v) is 10.8. The van der Waals surface area contributed by atoms with Gasteiger partial charge in [0.05, 0.1) is 18.1 Å². The minimum Gasteiger partial charge on any atom is -0.379 e. The van der Waals surface area contributed by atoms with Crippen molar-refractivity contribution in [2.24, 2.45) is 0 Å². The molecule has 0 unspecified atom stereocenters. The number of ether oxygens (including phenoxy) is 1. The van der Waals surface area contributed by atoms with Crippen LogP contribution in [-0.4, -0.2) is 28.2 Å². The maximum Gasteiger partial charge on any atom is 0.297 e. The van der Waals surface area contributed by atoms with Gasteiger partial charge in [0.25, 0.3) is 10.1 Å². The Morgan fingerprint density at radius 3 is 2.41 bits per heavy atom. The molecule has 1 rings (SSSR count). The first-order valence-electron chi connectivity index (χ1n) is 5.69. The van der Waals surface area contributed by atoms with Gasteiger partial charge in [-0.05, 0) is 18.6 Å². The highest BCUT2D eigenvalue weighted by molar-refractivity contribution is 7.86. The zero-order valence-electron chi connectivity index (χ0n) is 9.96. The van der Waals surface area contributed by atoms with Crippen LogP contribution in [0.15, 0.2) is 35.2 Å². The molecule has 0 aromatic heterocycles. The first-order valence-corrected chi connectivity index (χ1v) is 7.10. The average molecular weight is 258 g/mol. The van der Waals surface area contributed by atoms with Crippen LogP contribution < -0.4 is 0 Å². The fourth-order valence-corrected chi connectivity index (χ4v) is 2.12. The van der Waals surface area contributed by atoms with Gasteiger partial charge in [0, 0.05) is 6.61 Å². The fraction of sp³-hybridized carbons (Fsp3) is 0.500. The lowest BCUT2D eigenvalue weighted by Crippen LogP contribution is -2.11. The van der Waals surface area contributed by atoms with Crippen molar-refractivity contribution < 1.29 is 17.3 Å². The van der Waals surface area contributed by atoms with Crippen molar-refractivity contribution >= 4 is 10.1 Å². The lowest BCUT2D eigenvalue weighted by molar-refractivity contribution is 0.1000. The summed E-state index contributed by atoms with van der Waals surface area (Å²) in [5.41, 5.74) is 0. The van der Waals surface area contributed by atoms with Gasteiger partial charge in [0.15, 0.2) is 0 Å². The average Bonchev–Trinajstić information content (AvgIpc) is 2.35. The van der Waals surface area contributed by atoms with E-state index in [1.54, 1.807) is 18.2 Å². The normalized spacial score (nSPS) is 11.6. The standard InChI is InChI=1S/C12H18O4S/c1-2-3-9-15-10-11-16-17(13,14)12-7-5-4-6-8-12/h4-8H,2-3,9-11H2,1H3. The van der Waals surface area contributed by atoms with Gasteiger partial charge in [0.1, 0.15) is 0 Å². The summed E-state index contributed by atoms with van der Waals surface area (Å²) in [4.78, 5) is 0.175. The van der Waals surface area contributed by atoms with Gasteiger partial charge >= 0.3 is 0 Å². The number of hydrogen-bond acceptors (Lipinski definition) is 4. The molecule has 0 spiro atoms. The number of rotatable bonds is 8. The van der Waals surface area contributed by atoms with Gasteiger partial charge in [-0.2, -0.15) is 8.42 Å². The summed E-state index contributed by atoms with van der Waals surface area (Å²) in [6.07, 6.45) is 2.04. The van der Waals surface area contributed by atoms with Crippen LogP contribution in [0.4, 0.5) is 0 Å². The van der Waals surface area contributed by atoms with Crippen molar-refractivity contribution in [1.29, 1.82) is 0 Å². The highest BCUT2D eigenvalue weighted by Crippen LogP contribution is 2.10. The van der Waals surface area contributed by atoms with Crippen LogP contribution in [-0.2, 0) is 19.0 Å². The quantitative estimate of drug-likeness (QED) is 0.530. The second-order valence-corrected chi connectivity index (χ2v) is 5.17. The Morgan fingerprint density at radius 2 is 1.76 bits per heavy atom. The Kier molecular flexibility index (Phi) is 6.18. The molecule has 0 fully saturated rings. The van der Waals surface area contributed by atoms with Gasteiger partial charge < -0.3 is 4.74 Å². The lowest BCUT2D eigenvalue weighted by atomic mass is 10.4. The third-order valence-corrected chi connectivity index (χ3v) is 3.47. The van der Waals surface area contributed by atoms with E-state index in [9.17, 15) is 8.42 Å². The van der Waals surface area contributed by atoms with E-state index in [0.717, 1.165) is 12.8 Å². The summed E-state index contributed by atoms with van der Waals surface area (Å²) >= 11 is 0. The molecular formula is C12H18O4S. The molecule has 0 bridgehead atoms. The van der Waals surface area contributed by atoms with E-state index in [0.29, 0.717) is 13.2 Å². The summed E-state index contributed by atoms with van der Waals surface area (Å²) in [5.74, 6) is 0. The van der Waals surface area contributed by atoms with Crippen molar-refractivity contribution in [3.05, 3.63) is 30.3 Å². The maximum atomic E-state index is 11.6. The Morgan fingerprint density at radius 1 is 1.06 bits per heavy atom. The summed E-state index contributed by atoms with van der Waals surface area (Å²) in [7, 11) is -3.63. The van der Waals surface area contributed by atoms with Crippen LogP contribution in [0.1, 0.15) is 19.8 Å². The van der Waals surface area contributed by atoms with Gasteiger partial charge in [-0.1, -0.05) is 31.5 Å². The van der Waals surface area contributed by atoms with Crippen molar-refractivity contribution in [2.75, 3.05) is 19.8 Å². The SMILES string of the molecule is CCCCOCCOS(=O)(=O)c1ccccc1. The van der Waals surface area contributed by atoms with E-state index >= 15 is 0 Å². The molecule has 0 saturated carbocycles. The van der Waals surface area contributed by atoms with Gasteiger partial charge in [-0.15, -0.1) is 0 Å². The van der Waals surface area contributed by atoms with Crippen molar-refractivity contribution in [3.63, 3.8) is 0 Å². The lowest BCUT2D eigenvalue weighted by Gasteiger charge is -2.06. The Hall–Kier alpha value is -0.910. The van der Waals surface area contributed by atoms with Crippen LogP contribution >= 0.6 is 0 Å². The molecule has 96 valence electrons. The third-order valence-electron chi connectivity index (χ3n) is 2.14. The van der Waals surface area contributed by atoms with E-state index in [4.69, 9.17) is 8.92 Å². The molecule has 0 atom stereocenters. The van der Waals surface area contributed by atoms with Crippen LogP contribution in [0.25, 0.3) is 0 Å². The molecule has 0 saturated heterocycles. The Bertz CT molecular complexity index is 400. The number of unbranched alkanes of at least 4 members (excludes halogenated alkanes) is 1. The molecule has 0 aliphatic carbocycles. The number of benzene rings is 1. The molecule has 17 heavy (non-hydrogen) atoms. The van der Waals surface area contributed by atoms with E-state index in [1.165, 1.54) is 12.1 Å². The Balaban J connectivity index is 2.31. The van der Waals surface area contributed by atoms with Crippen molar-refractivity contribution in [1.82, 2.24) is 0 Å². The second kappa shape index (κ2) is 7.42. The first-order chi connectivity index (χ1) is 8.17. The third kappa shape index (κ3) is 5.30. The molecule has 5 heteroatoms. The number of hydrogen-bond donors (Lipinski definition) is 0. The predicted octanol–water partition coefficient (Wildman–Crippen LogP) is 2.21. The van der Waals surface area contributed by atoms with Gasteiger partial charge in [-0.25, -0.2) is 0 Å².